The Kier molecular flexibility index (Phi) is 4.66. The number of rotatable bonds is 5. The average molecular weight is 333 g/mol. The Morgan fingerprint density at radius 1 is 1.12 bits per heavy atom. The molecule has 0 atom stereocenters. The van der Waals surface area contributed by atoms with Crippen LogP contribution in [0.5, 0.6) is 11.5 Å². The number of benzene rings is 2. The highest BCUT2D eigenvalue weighted by molar-refractivity contribution is 5.83. The Hall–Kier alpha value is -3.34. The fourth-order valence-electron chi connectivity index (χ4n) is 2.42. The molecule has 0 unspecified atom stereocenters. The Morgan fingerprint density at radius 3 is 2.52 bits per heavy atom. The molecule has 3 N–H and O–H groups in total. The summed E-state index contributed by atoms with van der Waals surface area (Å²) in [6.45, 7) is 6.21. The largest absolute Gasteiger partial charge is 0.507 e. The topological polar surface area (TPSA) is 81.3 Å². The molecule has 0 spiro atoms. The molecule has 0 saturated carbocycles. The first-order valence-corrected chi connectivity index (χ1v) is 7.83. The van der Waals surface area contributed by atoms with Crippen LogP contribution in [0.1, 0.15) is 6.92 Å². The van der Waals surface area contributed by atoms with Gasteiger partial charge in [-0.1, -0.05) is 30.8 Å². The molecule has 0 aliphatic heterocycles. The van der Waals surface area contributed by atoms with Gasteiger partial charge in [0.05, 0.1) is 5.69 Å². The zero-order chi connectivity index (χ0) is 17.8. The number of aromatic nitrogens is 2. The van der Waals surface area contributed by atoms with Crippen LogP contribution in [0, 0.1) is 0 Å². The molecule has 0 bridgehead atoms. The molecule has 126 valence electrons. The van der Waals surface area contributed by atoms with Gasteiger partial charge in [0, 0.05) is 17.3 Å². The first-order chi connectivity index (χ1) is 12.0. The van der Waals surface area contributed by atoms with Gasteiger partial charge in [-0.25, -0.2) is 9.97 Å². The van der Waals surface area contributed by atoms with Crippen molar-refractivity contribution >= 4 is 5.95 Å². The van der Waals surface area contributed by atoms with Gasteiger partial charge in [-0.2, -0.15) is 0 Å². The summed E-state index contributed by atoms with van der Waals surface area (Å²) in [5, 5.41) is 10.2. The van der Waals surface area contributed by atoms with Gasteiger partial charge in [0.15, 0.2) is 0 Å². The van der Waals surface area contributed by atoms with E-state index in [0.717, 1.165) is 22.4 Å². The summed E-state index contributed by atoms with van der Waals surface area (Å²) in [6, 6.07) is 14.6. The Labute approximate surface area is 146 Å². The van der Waals surface area contributed by atoms with Crippen LogP contribution in [0.15, 0.2) is 66.9 Å². The molecule has 1 aromatic heterocycles. The third kappa shape index (κ3) is 3.77. The highest BCUT2D eigenvalue weighted by Crippen LogP contribution is 2.35. The maximum absolute atomic E-state index is 10.2. The first-order valence-electron chi connectivity index (χ1n) is 7.83. The minimum Gasteiger partial charge on any atom is -0.507 e. The lowest BCUT2D eigenvalue weighted by atomic mass is 10.00. The molecule has 0 radical (unpaired) electrons. The van der Waals surface area contributed by atoms with Crippen LogP contribution in [0.25, 0.3) is 22.4 Å². The predicted octanol–water partition coefficient (Wildman–Crippen LogP) is 4.05. The minimum atomic E-state index is 0.142. The van der Waals surface area contributed by atoms with Gasteiger partial charge in [-0.05, 0) is 42.3 Å². The third-order valence-electron chi connectivity index (χ3n) is 3.62. The molecule has 0 aliphatic carbocycles. The van der Waals surface area contributed by atoms with Crippen LogP contribution in [0.2, 0.25) is 0 Å². The molecule has 3 rings (SSSR count). The van der Waals surface area contributed by atoms with Crippen molar-refractivity contribution in [2.75, 3.05) is 12.3 Å². The van der Waals surface area contributed by atoms with E-state index in [0.29, 0.717) is 17.9 Å². The minimum absolute atomic E-state index is 0.142. The first kappa shape index (κ1) is 16.5. The third-order valence-corrected chi connectivity index (χ3v) is 3.62. The normalized spacial score (nSPS) is 10.4. The van der Waals surface area contributed by atoms with E-state index in [2.05, 4.69) is 16.5 Å². The molecule has 5 nitrogen and oxygen atoms in total. The average Bonchev–Trinajstić information content (AvgIpc) is 2.61. The maximum Gasteiger partial charge on any atom is 0.220 e. The number of hydrogen-bond acceptors (Lipinski definition) is 5. The van der Waals surface area contributed by atoms with Crippen molar-refractivity contribution in [1.29, 1.82) is 0 Å². The Bertz CT molecular complexity index is 905. The summed E-state index contributed by atoms with van der Waals surface area (Å²) < 4.78 is 5.62. The van der Waals surface area contributed by atoms with Crippen molar-refractivity contribution in [2.24, 2.45) is 0 Å². The van der Waals surface area contributed by atoms with E-state index in [9.17, 15) is 5.11 Å². The van der Waals surface area contributed by atoms with Crippen molar-refractivity contribution in [3.63, 3.8) is 0 Å². The summed E-state index contributed by atoms with van der Waals surface area (Å²) >= 11 is 0. The van der Waals surface area contributed by atoms with Crippen molar-refractivity contribution < 1.29 is 9.84 Å². The molecule has 5 heteroatoms. The van der Waals surface area contributed by atoms with E-state index in [-0.39, 0.29) is 11.7 Å². The number of phenolic OH excluding ortho intramolecular Hbond substituents is 1. The number of nitrogens with zero attached hydrogens (tertiary/aromatic N) is 2. The van der Waals surface area contributed by atoms with Gasteiger partial charge >= 0.3 is 0 Å². The molecule has 0 saturated heterocycles. The molecule has 0 fully saturated rings. The zero-order valence-corrected chi connectivity index (χ0v) is 13.9. The molecular weight excluding hydrogens is 314 g/mol. The van der Waals surface area contributed by atoms with Crippen molar-refractivity contribution in [2.45, 2.75) is 6.92 Å². The summed E-state index contributed by atoms with van der Waals surface area (Å²) in [5.41, 5.74) is 9.58. The number of para-hydroxylation sites is 1. The molecule has 25 heavy (non-hydrogen) atoms. The van der Waals surface area contributed by atoms with Crippen LogP contribution in [-0.4, -0.2) is 21.7 Å². The van der Waals surface area contributed by atoms with Gasteiger partial charge in [-0.3, -0.25) is 0 Å². The van der Waals surface area contributed by atoms with E-state index < -0.39 is 0 Å². The van der Waals surface area contributed by atoms with E-state index in [1.807, 2.05) is 37.3 Å². The summed E-state index contributed by atoms with van der Waals surface area (Å²) in [4.78, 5) is 8.42. The standard InChI is InChI=1S/C20H19N3O2/c1-13(2)12-25-15-9-7-14(8-10-15)17-11-22-20(21)23-19(17)16-5-3-4-6-18(16)24/h3-11,24H,1,12H2,2H3,(H2,21,22,23). The number of anilines is 1. The quantitative estimate of drug-likeness (QED) is 0.688. The molecular formula is C20H19N3O2. The molecule has 2 aromatic carbocycles. The predicted molar refractivity (Wildman–Crippen MR) is 99.3 cm³/mol. The highest BCUT2D eigenvalue weighted by Gasteiger charge is 2.14. The Balaban J connectivity index is 2.00. The number of nitrogen functional groups attached to an aromatic ring is 1. The van der Waals surface area contributed by atoms with Gasteiger partial charge < -0.3 is 15.6 Å². The van der Waals surface area contributed by atoms with Crippen LogP contribution in [-0.2, 0) is 0 Å². The van der Waals surface area contributed by atoms with Crippen LogP contribution in [0.4, 0.5) is 5.95 Å². The number of hydrogen-bond donors (Lipinski definition) is 2. The van der Waals surface area contributed by atoms with E-state index in [4.69, 9.17) is 10.5 Å². The van der Waals surface area contributed by atoms with Gasteiger partial charge in [0.25, 0.3) is 0 Å². The lowest BCUT2D eigenvalue weighted by Crippen LogP contribution is -1.99. The number of phenols is 1. The van der Waals surface area contributed by atoms with Gasteiger partial charge in [0.1, 0.15) is 18.1 Å². The maximum atomic E-state index is 10.2. The smallest absolute Gasteiger partial charge is 0.220 e. The zero-order valence-electron chi connectivity index (χ0n) is 13.9. The van der Waals surface area contributed by atoms with Crippen molar-refractivity contribution in [1.82, 2.24) is 9.97 Å². The summed E-state index contributed by atoms with van der Waals surface area (Å²) in [7, 11) is 0. The van der Waals surface area contributed by atoms with E-state index >= 15 is 0 Å². The summed E-state index contributed by atoms with van der Waals surface area (Å²) in [6.07, 6.45) is 1.66. The lowest BCUT2D eigenvalue weighted by molar-refractivity contribution is 0.353. The van der Waals surface area contributed by atoms with Crippen molar-refractivity contribution in [3.05, 3.63) is 66.9 Å². The molecule has 3 aromatic rings. The van der Waals surface area contributed by atoms with E-state index in [1.54, 1.807) is 24.4 Å². The number of nitrogens with two attached hydrogens (primary N) is 1. The highest BCUT2D eigenvalue weighted by atomic mass is 16.5. The number of ether oxygens (including phenoxy) is 1. The molecule has 0 aliphatic rings. The number of aromatic hydroxyl groups is 1. The Morgan fingerprint density at radius 2 is 1.84 bits per heavy atom. The second-order valence-electron chi connectivity index (χ2n) is 5.78. The van der Waals surface area contributed by atoms with Gasteiger partial charge in [-0.15, -0.1) is 0 Å². The fourth-order valence-corrected chi connectivity index (χ4v) is 2.42. The van der Waals surface area contributed by atoms with Crippen LogP contribution >= 0.6 is 0 Å². The van der Waals surface area contributed by atoms with Crippen LogP contribution in [0.3, 0.4) is 0 Å². The second-order valence-corrected chi connectivity index (χ2v) is 5.78. The monoisotopic (exact) mass is 333 g/mol. The molecule has 1 heterocycles. The van der Waals surface area contributed by atoms with Crippen LogP contribution < -0.4 is 10.5 Å². The van der Waals surface area contributed by atoms with Gasteiger partial charge in [0.2, 0.25) is 5.95 Å². The van der Waals surface area contributed by atoms with Crippen molar-refractivity contribution in [3.8, 4) is 33.9 Å². The summed E-state index contributed by atoms with van der Waals surface area (Å²) in [5.74, 6) is 1.05. The fraction of sp³-hybridized carbons (Fsp3) is 0.100. The molecule has 0 amide bonds. The SMILES string of the molecule is C=C(C)COc1ccc(-c2cnc(N)nc2-c2ccccc2O)cc1. The lowest BCUT2D eigenvalue weighted by Gasteiger charge is -2.12. The second kappa shape index (κ2) is 7.05. The van der Waals surface area contributed by atoms with E-state index in [1.165, 1.54) is 0 Å².